The zero-order chi connectivity index (χ0) is 16.2. The monoisotopic (exact) mass is 374 g/mol. The molecular weight excluding hydrogens is 356 g/mol. The highest BCUT2D eigenvalue weighted by Crippen LogP contribution is 2.31. The van der Waals surface area contributed by atoms with Crippen LogP contribution in [-0.2, 0) is 6.42 Å². The maximum absolute atomic E-state index is 12.4. The Balaban J connectivity index is 1.52. The van der Waals surface area contributed by atoms with Crippen LogP contribution in [0, 0.1) is 0 Å². The number of hydrogen-bond acceptors (Lipinski definition) is 2. The van der Waals surface area contributed by atoms with Gasteiger partial charge in [-0.25, -0.2) is 4.79 Å². The molecule has 1 aliphatic rings. The number of ether oxygens (including phenoxy) is 1. The van der Waals surface area contributed by atoms with Crippen molar-refractivity contribution < 1.29 is 9.53 Å². The van der Waals surface area contributed by atoms with E-state index in [1.807, 2.05) is 47.4 Å². The van der Waals surface area contributed by atoms with Gasteiger partial charge in [0.2, 0.25) is 0 Å². The molecule has 0 aliphatic carbocycles. The highest BCUT2D eigenvalue weighted by molar-refractivity contribution is 9.10. The Morgan fingerprint density at radius 3 is 2.96 bits per heavy atom. The number of urea groups is 1. The number of anilines is 1. The van der Waals surface area contributed by atoms with Gasteiger partial charge in [-0.2, -0.15) is 0 Å². The predicted molar refractivity (Wildman–Crippen MR) is 95.1 cm³/mol. The molecule has 1 aliphatic heterocycles. The second-order valence-corrected chi connectivity index (χ2v) is 6.51. The van der Waals surface area contributed by atoms with Gasteiger partial charge >= 0.3 is 6.03 Å². The van der Waals surface area contributed by atoms with Crippen molar-refractivity contribution in [3.8, 4) is 5.75 Å². The standard InChI is InChI=1S/C18H19BrN2O2/c1-13-11-14-5-2-3-8-17(14)21(13)18(22)20-9-10-23-16-7-4-6-15(19)12-16/h2-8,12-13H,9-11H2,1H3,(H,20,22). The molecule has 0 spiro atoms. The van der Waals surface area contributed by atoms with E-state index in [-0.39, 0.29) is 12.1 Å². The number of benzene rings is 2. The molecule has 5 heteroatoms. The molecule has 2 amide bonds. The Morgan fingerprint density at radius 2 is 2.13 bits per heavy atom. The highest BCUT2D eigenvalue weighted by Gasteiger charge is 2.30. The molecule has 0 bridgehead atoms. The lowest BCUT2D eigenvalue weighted by molar-refractivity contribution is 0.240. The number of nitrogens with zero attached hydrogens (tertiary/aromatic N) is 1. The Hall–Kier alpha value is -2.01. The predicted octanol–water partition coefficient (Wildman–Crippen LogP) is 3.99. The van der Waals surface area contributed by atoms with Crippen molar-refractivity contribution in [3.05, 3.63) is 58.6 Å². The van der Waals surface area contributed by atoms with Gasteiger partial charge in [0, 0.05) is 16.2 Å². The maximum Gasteiger partial charge on any atom is 0.322 e. The zero-order valence-corrected chi connectivity index (χ0v) is 14.5. The van der Waals surface area contributed by atoms with E-state index in [4.69, 9.17) is 4.74 Å². The molecule has 3 rings (SSSR count). The van der Waals surface area contributed by atoms with E-state index in [1.165, 1.54) is 5.56 Å². The van der Waals surface area contributed by atoms with Gasteiger partial charge in [0.25, 0.3) is 0 Å². The fourth-order valence-electron chi connectivity index (χ4n) is 2.84. The summed E-state index contributed by atoms with van der Waals surface area (Å²) in [5, 5.41) is 2.93. The Kier molecular flexibility index (Phi) is 4.86. The van der Waals surface area contributed by atoms with Crippen molar-refractivity contribution in [3.63, 3.8) is 0 Å². The third kappa shape index (κ3) is 3.67. The second-order valence-electron chi connectivity index (χ2n) is 5.59. The van der Waals surface area contributed by atoms with Crippen molar-refractivity contribution in [2.75, 3.05) is 18.1 Å². The molecule has 23 heavy (non-hydrogen) atoms. The molecule has 120 valence electrons. The van der Waals surface area contributed by atoms with E-state index in [0.717, 1.165) is 22.3 Å². The normalized spacial score (nSPS) is 16.1. The highest BCUT2D eigenvalue weighted by atomic mass is 79.9. The van der Waals surface area contributed by atoms with Gasteiger partial charge in [-0.05, 0) is 43.2 Å². The fourth-order valence-corrected chi connectivity index (χ4v) is 3.22. The van der Waals surface area contributed by atoms with Gasteiger partial charge in [0.15, 0.2) is 0 Å². The lowest BCUT2D eigenvalue weighted by atomic mass is 10.1. The minimum absolute atomic E-state index is 0.0692. The summed E-state index contributed by atoms with van der Waals surface area (Å²) >= 11 is 3.40. The molecule has 2 aromatic rings. The van der Waals surface area contributed by atoms with Crippen molar-refractivity contribution >= 4 is 27.6 Å². The number of nitrogens with one attached hydrogen (secondary N) is 1. The molecule has 0 saturated carbocycles. The summed E-state index contributed by atoms with van der Waals surface area (Å²) in [6.45, 7) is 2.97. The quantitative estimate of drug-likeness (QED) is 0.822. The summed E-state index contributed by atoms with van der Waals surface area (Å²) < 4.78 is 6.61. The summed E-state index contributed by atoms with van der Waals surface area (Å²) in [7, 11) is 0. The van der Waals surface area contributed by atoms with E-state index in [2.05, 4.69) is 34.2 Å². The molecule has 0 aromatic heterocycles. The lowest BCUT2D eigenvalue weighted by Crippen LogP contribution is -2.44. The maximum atomic E-state index is 12.4. The first-order chi connectivity index (χ1) is 11.1. The summed E-state index contributed by atoms with van der Waals surface area (Å²) in [5.74, 6) is 0.786. The minimum atomic E-state index is -0.0692. The van der Waals surface area contributed by atoms with Crippen molar-refractivity contribution in [2.24, 2.45) is 0 Å². The number of hydrogen-bond donors (Lipinski definition) is 1. The molecule has 4 nitrogen and oxygen atoms in total. The number of amides is 2. The molecule has 1 N–H and O–H groups in total. The lowest BCUT2D eigenvalue weighted by Gasteiger charge is -2.23. The summed E-state index contributed by atoms with van der Waals surface area (Å²) in [4.78, 5) is 14.3. The molecule has 1 unspecified atom stereocenters. The van der Waals surface area contributed by atoms with Gasteiger partial charge in [0.05, 0.1) is 6.54 Å². The SMILES string of the molecule is CC1Cc2ccccc2N1C(=O)NCCOc1cccc(Br)c1. The molecular formula is C18H19BrN2O2. The van der Waals surface area contributed by atoms with E-state index < -0.39 is 0 Å². The van der Waals surface area contributed by atoms with E-state index in [0.29, 0.717) is 13.2 Å². The largest absolute Gasteiger partial charge is 0.492 e. The van der Waals surface area contributed by atoms with E-state index in [1.54, 1.807) is 0 Å². The number of carbonyl (C=O) groups excluding carboxylic acids is 1. The van der Waals surface area contributed by atoms with Crippen LogP contribution in [0.5, 0.6) is 5.75 Å². The van der Waals surface area contributed by atoms with Crippen LogP contribution < -0.4 is 15.0 Å². The van der Waals surface area contributed by atoms with E-state index in [9.17, 15) is 4.79 Å². The molecule has 1 atom stereocenters. The van der Waals surface area contributed by atoms with Crippen LogP contribution in [0.2, 0.25) is 0 Å². The average molecular weight is 375 g/mol. The Morgan fingerprint density at radius 1 is 1.30 bits per heavy atom. The summed E-state index contributed by atoms with van der Waals surface area (Å²) in [6, 6.07) is 15.8. The molecule has 2 aromatic carbocycles. The molecule has 0 fully saturated rings. The number of fused-ring (bicyclic) bond motifs is 1. The summed E-state index contributed by atoms with van der Waals surface area (Å²) in [6.07, 6.45) is 0.901. The van der Waals surface area contributed by atoms with Gasteiger partial charge in [-0.15, -0.1) is 0 Å². The molecule has 1 heterocycles. The third-order valence-corrected chi connectivity index (χ3v) is 4.36. The third-order valence-electron chi connectivity index (χ3n) is 3.87. The van der Waals surface area contributed by atoms with Gasteiger partial charge < -0.3 is 10.1 Å². The number of halogens is 1. The first-order valence-corrected chi connectivity index (χ1v) is 8.48. The van der Waals surface area contributed by atoms with Crippen LogP contribution in [0.3, 0.4) is 0 Å². The Bertz CT molecular complexity index is 705. The van der Waals surface area contributed by atoms with Gasteiger partial charge in [-0.1, -0.05) is 40.2 Å². The topological polar surface area (TPSA) is 41.6 Å². The van der Waals surface area contributed by atoms with Crippen LogP contribution in [0.4, 0.5) is 10.5 Å². The first-order valence-electron chi connectivity index (χ1n) is 7.68. The van der Waals surface area contributed by atoms with Crippen molar-refractivity contribution in [2.45, 2.75) is 19.4 Å². The van der Waals surface area contributed by atoms with Crippen LogP contribution in [0.15, 0.2) is 53.0 Å². The second kappa shape index (κ2) is 7.04. The first kappa shape index (κ1) is 15.9. The van der Waals surface area contributed by atoms with Gasteiger partial charge in [-0.3, -0.25) is 4.90 Å². The van der Waals surface area contributed by atoms with Crippen molar-refractivity contribution in [1.29, 1.82) is 0 Å². The smallest absolute Gasteiger partial charge is 0.322 e. The number of para-hydroxylation sites is 1. The molecule has 0 radical (unpaired) electrons. The van der Waals surface area contributed by atoms with Crippen molar-refractivity contribution in [1.82, 2.24) is 5.32 Å². The summed E-state index contributed by atoms with van der Waals surface area (Å²) in [5.41, 5.74) is 2.23. The van der Waals surface area contributed by atoms with Gasteiger partial charge in [0.1, 0.15) is 12.4 Å². The average Bonchev–Trinajstić information content (AvgIpc) is 2.87. The molecule has 0 saturated heterocycles. The zero-order valence-electron chi connectivity index (χ0n) is 13.0. The number of rotatable bonds is 4. The fraction of sp³-hybridized carbons (Fsp3) is 0.278. The van der Waals surface area contributed by atoms with Crippen LogP contribution in [0.25, 0.3) is 0 Å². The number of carbonyl (C=O) groups is 1. The van der Waals surface area contributed by atoms with E-state index >= 15 is 0 Å². The van der Waals surface area contributed by atoms with Crippen LogP contribution >= 0.6 is 15.9 Å². The Labute approximate surface area is 144 Å². The van der Waals surface area contributed by atoms with Crippen LogP contribution in [-0.4, -0.2) is 25.2 Å². The van der Waals surface area contributed by atoms with Crippen LogP contribution in [0.1, 0.15) is 12.5 Å². The minimum Gasteiger partial charge on any atom is -0.492 e.